The number of aryl methyl sites for hydroxylation is 1. The molecule has 1 atom stereocenters. The maximum atomic E-state index is 13.7. The molecule has 4 aromatic rings. The van der Waals surface area contributed by atoms with Gasteiger partial charge in [-0.25, -0.2) is 13.2 Å². The first-order valence-corrected chi connectivity index (χ1v) is 10.3. The molecule has 0 aliphatic heterocycles. The maximum Gasteiger partial charge on any atom is 0.144 e. The fraction of sp³-hybridized carbons (Fsp3) is 0.143. The molecule has 0 aliphatic carbocycles. The van der Waals surface area contributed by atoms with Crippen LogP contribution >= 0.6 is 0 Å². The normalized spacial score (nSPS) is 13.6. The van der Waals surface area contributed by atoms with E-state index >= 15 is 0 Å². The number of benzene rings is 2. The molecule has 0 fully saturated rings. The van der Waals surface area contributed by atoms with Crippen LogP contribution in [-0.4, -0.2) is 37.4 Å². The first kappa shape index (κ1) is 18.3. The van der Waals surface area contributed by atoms with Crippen LogP contribution in [0.25, 0.3) is 16.6 Å². The van der Waals surface area contributed by atoms with E-state index in [4.69, 9.17) is 0 Å². The lowest BCUT2D eigenvalue weighted by molar-refractivity contribution is 0.592. The van der Waals surface area contributed by atoms with Crippen LogP contribution in [0, 0.1) is 6.92 Å². The van der Waals surface area contributed by atoms with Crippen molar-refractivity contribution in [3.63, 3.8) is 0 Å². The third kappa shape index (κ3) is 3.42. The third-order valence-corrected chi connectivity index (χ3v) is 6.78. The van der Waals surface area contributed by atoms with Gasteiger partial charge in [0.25, 0.3) is 0 Å². The van der Waals surface area contributed by atoms with Crippen LogP contribution in [0.4, 0.5) is 5.69 Å². The summed E-state index contributed by atoms with van der Waals surface area (Å²) in [5, 5.41) is 5.50. The van der Waals surface area contributed by atoms with Gasteiger partial charge in [-0.15, -0.1) is 0 Å². The Bertz CT molecular complexity index is 1240. The highest BCUT2D eigenvalue weighted by Gasteiger charge is 2.16. The molecule has 0 bridgehead atoms. The number of hydrogen-bond acceptors (Lipinski definition) is 4. The third-order valence-electron chi connectivity index (χ3n) is 4.45. The minimum atomic E-state index is -2.75. The standard InChI is InChI=1S/C21H21N5OS/c1-16-6-9-20(10-7-16)28(27,25(2)3)24-18-8-11-21-17(13-18)15-26(23-21)19-5-4-12-22-14-19/h4-15H,1-3H3. The molecule has 0 saturated carbocycles. The Labute approximate surface area is 164 Å². The average Bonchev–Trinajstić information content (AvgIpc) is 3.12. The Kier molecular flexibility index (Phi) is 4.70. The number of fused-ring (bicyclic) bond motifs is 1. The topological polar surface area (TPSA) is 63.4 Å². The van der Waals surface area contributed by atoms with E-state index in [0.29, 0.717) is 10.6 Å². The van der Waals surface area contributed by atoms with Gasteiger partial charge in [-0.2, -0.15) is 9.46 Å². The lowest BCUT2D eigenvalue weighted by Crippen LogP contribution is -2.21. The van der Waals surface area contributed by atoms with Crippen molar-refractivity contribution in [3.8, 4) is 5.69 Å². The summed E-state index contributed by atoms with van der Waals surface area (Å²) in [5.41, 5.74) is 3.49. The Balaban J connectivity index is 1.81. The smallest absolute Gasteiger partial charge is 0.144 e. The second-order valence-electron chi connectivity index (χ2n) is 6.74. The van der Waals surface area contributed by atoms with E-state index in [2.05, 4.69) is 14.4 Å². The second kappa shape index (κ2) is 7.18. The summed E-state index contributed by atoms with van der Waals surface area (Å²) in [5.74, 6) is 0. The van der Waals surface area contributed by atoms with Gasteiger partial charge in [-0.3, -0.25) is 4.98 Å². The second-order valence-corrected chi connectivity index (χ2v) is 9.12. The van der Waals surface area contributed by atoms with Crippen LogP contribution in [0.3, 0.4) is 0 Å². The Hall–Kier alpha value is -3.03. The average molecular weight is 392 g/mol. The molecule has 0 aliphatic rings. The number of rotatable bonds is 4. The molecule has 142 valence electrons. The summed E-state index contributed by atoms with van der Waals surface area (Å²) in [7, 11) is 0.818. The molecule has 1 unspecified atom stereocenters. The van der Waals surface area contributed by atoms with Gasteiger partial charge in [-0.1, -0.05) is 17.7 Å². The summed E-state index contributed by atoms with van der Waals surface area (Å²) < 4.78 is 21.7. The maximum absolute atomic E-state index is 13.7. The van der Waals surface area contributed by atoms with Gasteiger partial charge in [0.15, 0.2) is 0 Å². The fourth-order valence-corrected chi connectivity index (χ4v) is 4.48. The molecule has 4 rings (SSSR count). The predicted molar refractivity (Wildman–Crippen MR) is 112 cm³/mol. The summed E-state index contributed by atoms with van der Waals surface area (Å²) in [4.78, 5) is 4.82. The summed E-state index contributed by atoms with van der Waals surface area (Å²) in [6.45, 7) is 2.01. The van der Waals surface area contributed by atoms with Crippen LogP contribution in [-0.2, 0) is 9.92 Å². The molecule has 2 aromatic heterocycles. The molecular weight excluding hydrogens is 370 g/mol. The summed E-state index contributed by atoms with van der Waals surface area (Å²) >= 11 is 0. The molecule has 2 heterocycles. The van der Waals surface area contributed by atoms with Crippen molar-refractivity contribution >= 4 is 26.5 Å². The molecular formula is C21H21N5OS. The number of nitrogens with zero attached hydrogens (tertiary/aromatic N) is 5. The van der Waals surface area contributed by atoms with E-state index < -0.39 is 9.92 Å². The lowest BCUT2D eigenvalue weighted by Gasteiger charge is -2.17. The summed E-state index contributed by atoms with van der Waals surface area (Å²) in [6.07, 6.45) is 5.41. The van der Waals surface area contributed by atoms with Crippen molar-refractivity contribution in [2.75, 3.05) is 14.1 Å². The van der Waals surface area contributed by atoms with Gasteiger partial charge in [0, 0.05) is 31.9 Å². The zero-order valence-electron chi connectivity index (χ0n) is 16.0. The van der Waals surface area contributed by atoms with Crippen molar-refractivity contribution in [2.24, 2.45) is 4.36 Å². The van der Waals surface area contributed by atoms with E-state index in [1.165, 1.54) is 0 Å². The predicted octanol–water partition coefficient (Wildman–Crippen LogP) is 4.36. The monoisotopic (exact) mass is 391 g/mol. The molecule has 0 amide bonds. The minimum absolute atomic E-state index is 0.650. The Morgan fingerprint density at radius 1 is 1.07 bits per heavy atom. The van der Waals surface area contributed by atoms with Crippen LogP contribution in [0.15, 0.2) is 82.4 Å². The van der Waals surface area contributed by atoms with Gasteiger partial charge >= 0.3 is 0 Å². The molecule has 2 aromatic carbocycles. The van der Waals surface area contributed by atoms with Crippen molar-refractivity contribution in [3.05, 3.63) is 78.8 Å². The quantitative estimate of drug-likeness (QED) is 0.519. The van der Waals surface area contributed by atoms with Crippen molar-refractivity contribution < 1.29 is 4.21 Å². The van der Waals surface area contributed by atoms with E-state index in [0.717, 1.165) is 22.2 Å². The first-order valence-electron chi connectivity index (χ1n) is 8.87. The van der Waals surface area contributed by atoms with Crippen LogP contribution in [0.2, 0.25) is 0 Å². The van der Waals surface area contributed by atoms with Gasteiger partial charge in [0.05, 0.1) is 28.0 Å². The lowest BCUT2D eigenvalue weighted by atomic mass is 10.2. The largest absolute Gasteiger partial charge is 0.262 e. The minimum Gasteiger partial charge on any atom is -0.262 e. The molecule has 0 spiro atoms. The highest BCUT2D eigenvalue weighted by Crippen LogP contribution is 2.26. The Morgan fingerprint density at radius 2 is 1.86 bits per heavy atom. The molecule has 0 radical (unpaired) electrons. The van der Waals surface area contributed by atoms with E-state index in [9.17, 15) is 4.21 Å². The zero-order chi connectivity index (χ0) is 19.7. The molecule has 28 heavy (non-hydrogen) atoms. The highest BCUT2D eigenvalue weighted by atomic mass is 32.2. The number of pyridine rings is 1. The Morgan fingerprint density at radius 3 is 2.54 bits per heavy atom. The molecule has 0 N–H and O–H groups in total. The fourth-order valence-electron chi connectivity index (χ4n) is 2.89. The van der Waals surface area contributed by atoms with Crippen LogP contribution in [0.5, 0.6) is 0 Å². The van der Waals surface area contributed by atoms with Crippen molar-refractivity contribution in [1.82, 2.24) is 19.1 Å². The van der Waals surface area contributed by atoms with Crippen LogP contribution < -0.4 is 0 Å². The number of aromatic nitrogens is 3. The summed E-state index contributed by atoms with van der Waals surface area (Å²) in [6, 6.07) is 17.1. The van der Waals surface area contributed by atoms with Crippen LogP contribution in [0.1, 0.15) is 5.56 Å². The van der Waals surface area contributed by atoms with Gasteiger partial charge in [0.1, 0.15) is 9.92 Å². The highest BCUT2D eigenvalue weighted by molar-refractivity contribution is 7.91. The van der Waals surface area contributed by atoms with E-state index in [1.807, 2.05) is 67.7 Å². The van der Waals surface area contributed by atoms with E-state index in [1.54, 1.807) is 35.5 Å². The SMILES string of the molecule is Cc1ccc(S(=O)(=Nc2ccc3nn(-c4cccnc4)cc3c2)N(C)C)cc1. The zero-order valence-corrected chi connectivity index (χ0v) is 16.8. The van der Waals surface area contributed by atoms with E-state index in [-0.39, 0.29) is 0 Å². The molecule has 6 nitrogen and oxygen atoms in total. The molecule has 0 saturated heterocycles. The first-order chi connectivity index (χ1) is 13.5. The van der Waals surface area contributed by atoms with Crippen molar-refractivity contribution in [1.29, 1.82) is 0 Å². The number of hydrogen-bond donors (Lipinski definition) is 0. The molecule has 7 heteroatoms. The van der Waals surface area contributed by atoms with Gasteiger partial charge in [-0.05, 0) is 49.4 Å². The van der Waals surface area contributed by atoms with Gasteiger partial charge < -0.3 is 0 Å². The van der Waals surface area contributed by atoms with Crippen molar-refractivity contribution in [2.45, 2.75) is 11.8 Å². The van der Waals surface area contributed by atoms with Gasteiger partial charge in [0.2, 0.25) is 0 Å².